The van der Waals surface area contributed by atoms with Gasteiger partial charge in [-0.2, -0.15) is 5.10 Å². The summed E-state index contributed by atoms with van der Waals surface area (Å²) in [5, 5.41) is 14.7. The van der Waals surface area contributed by atoms with Crippen LogP contribution in [-0.4, -0.2) is 29.9 Å². The second-order valence-corrected chi connectivity index (χ2v) is 6.38. The lowest BCUT2D eigenvalue weighted by Gasteiger charge is -2.05. The summed E-state index contributed by atoms with van der Waals surface area (Å²) in [5.41, 5.74) is 5.13. The monoisotopic (exact) mass is 373 g/mol. The molecule has 1 N–H and O–H groups in total. The van der Waals surface area contributed by atoms with E-state index in [1.165, 1.54) is 54.4 Å². The molecular formula is C18H19N3O4S. The quantitative estimate of drug-likeness (QED) is 0.435. The zero-order chi connectivity index (χ0) is 18.9. The summed E-state index contributed by atoms with van der Waals surface area (Å²) in [6, 6.07) is 12.2. The van der Waals surface area contributed by atoms with E-state index in [1.54, 1.807) is 0 Å². The van der Waals surface area contributed by atoms with Crippen LogP contribution in [0.3, 0.4) is 0 Å². The number of thioether (sulfide) groups is 1. The van der Waals surface area contributed by atoms with E-state index in [-0.39, 0.29) is 17.3 Å². The van der Waals surface area contributed by atoms with Crippen LogP contribution >= 0.6 is 11.8 Å². The molecule has 0 radical (unpaired) electrons. The lowest BCUT2D eigenvalue weighted by atomic mass is 10.1. The number of methoxy groups -OCH3 is 1. The molecule has 0 saturated heterocycles. The minimum Gasteiger partial charge on any atom is -0.496 e. The van der Waals surface area contributed by atoms with Crippen molar-refractivity contribution in [3.8, 4) is 5.75 Å². The van der Waals surface area contributed by atoms with Gasteiger partial charge in [-0.1, -0.05) is 24.3 Å². The molecule has 2 rings (SSSR count). The number of hydrogen-bond acceptors (Lipinski definition) is 6. The molecule has 2 aromatic rings. The van der Waals surface area contributed by atoms with E-state index < -0.39 is 4.92 Å². The number of ether oxygens (including phenoxy) is 1. The van der Waals surface area contributed by atoms with Gasteiger partial charge >= 0.3 is 0 Å². The summed E-state index contributed by atoms with van der Waals surface area (Å²) in [4.78, 5) is 22.2. The van der Waals surface area contributed by atoms with E-state index in [9.17, 15) is 14.9 Å². The van der Waals surface area contributed by atoms with Gasteiger partial charge in [-0.05, 0) is 24.1 Å². The van der Waals surface area contributed by atoms with Crippen LogP contribution in [0.5, 0.6) is 5.75 Å². The van der Waals surface area contributed by atoms with E-state index in [4.69, 9.17) is 4.74 Å². The van der Waals surface area contributed by atoms with Crippen molar-refractivity contribution in [3.63, 3.8) is 0 Å². The fourth-order valence-corrected chi connectivity index (χ4v) is 3.06. The van der Waals surface area contributed by atoms with Crippen LogP contribution in [0.4, 0.5) is 5.69 Å². The predicted octanol–water partition coefficient (Wildman–Crippen LogP) is 3.30. The summed E-state index contributed by atoms with van der Waals surface area (Å²) in [6.45, 7) is 2.03. The largest absolute Gasteiger partial charge is 0.496 e. The van der Waals surface area contributed by atoms with E-state index in [1.807, 2.05) is 31.2 Å². The Morgan fingerprint density at radius 3 is 2.81 bits per heavy atom. The molecule has 0 aliphatic heterocycles. The van der Waals surface area contributed by atoms with Gasteiger partial charge in [0.25, 0.3) is 5.69 Å². The molecule has 0 atom stereocenters. The fraction of sp³-hybridized carbons (Fsp3) is 0.222. The van der Waals surface area contributed by atoms with Crippen molar-refractivity contribution < 1.29 is 14.5 Å². The van der Waals surface area contributed by atoms with Gasteiger partial charge in [-0.25, -0.2) is 5.43 Å². The summed E-state index contributed by atoms with van der Waals surface area (Å²) in [7, 11) is 1.46. The molecule has 0 bridgehead atoms. The van der Waals surface area contributed by atoms with Crippen LogP contribution in [0.15, 0.2) is 47.6 Å². The maximum atomic E-state index is 11.9. The van der Waals surface area contributed by atoms with Gasteiger partial charge in [0.05, 0.1) is 24.0 Å². The number of hydrazone groups is 1. The molecule has 0 aromatic heterocycles. The van der Waals surface area contributed by atoms with Crippen LogP contribution in [0.2, 0.25) is 0 Å². The molecule has 2 aromatic carbocycles. The normalized spacial score (nSPS) is 10.7. The standard InChI is InChI=1S/C18H19N3O4S/c1-13-5-3-4-6-14(13)11-26-12-18(22)20-19-10-15-9-16(21(23)24)7-8-17(15)25-2/h3-10H,11-12H2,1-2H3,(H,20,22). The first kappa shape index (κ1) is 19.5. The molecule has 0 fully saturated rings. The Hall–Kier alpha value is -2.87. The number of benzene rings is 2. The number of nitrogens with one attached hydrogen (secondary N) is 1. The van der Waals surface area contributed by atoms with Gasteiger partial charge in [-0.15, -0.1) is 11.8 Å². The second kappa shape index (κ2) is 9.57. The SMILES string of the molecule is COc1ccc([N+](=O)[O-])cc1C=NNC(=O)CSCc1ccccc1C. The van der Waals surface area contributed by atoms with Gasteiger partial charge < -0.3 is 4.74 Å². The van der Waals surface area contributed by atoms with Gasteiger partial charge in [0, 0.05) is 23.4 Å². The number of non-ortho nitro benzene ring substituents is 1. The molecule has 0 aliphatic rings. The highest BCUT2D eigenvalue weighted by Crippen LogP contribution is 2.22. The molecule has 0 aliphatic carbocycles. The highest BCUT2D eigenvalue weighted by Gasteiger charge is 2.10. The van der Waals surface area contributed by atoms with Crippen molar-refractivity contribution >= 4 is 29.6 Å². The lowest BCUT2D eigenvalue weighted by Crippen LogP contribution is -2.19. The van der Waals surface area contributed by atoms with Crippen molar-refractivity contribution in [2.24, 2.45) is 5.10 Å². The van der Waals surface area contributed by atoms with Gasteiger partial charge in [-0.3, -0.25) is 14.9 Å². The van der Waals surface area contributed by atoms with Crippen LogP contribution in [0, 0.1) is 17.0 Å². The van der Waals surface area contributed by atoms with Crippen LogP contribution < -0.4 is 10.2 Å². The Kier molecular flexibility index (Phi) is 7.16. The Morgan fingerprint density at radius 2 is 2.12 bits per heavy atom. The van der Waals surface area contributed by atoms with Crippen molar-refractivity contribution in [1.82, 2.24) is 5.43 Å². The summed E-state index contributed by atoms with van der Waals surface area (Å²) in [5.74, 6) is 1.19. The molecule has 1 amide bonds. The minimum absolute atomic E-state index is 0.0765. The molecule has 7 nitrogen and oxygen atoms in total. The van der Waals surface area contributed by atoms with Gasteiger partial charge in [0.2, 0.25) is 5.91 Å². The first-order valence-electron chi connectivity index (χ1n) is 7.78. The first-order chi connectivity index (χ1) is 12.5. The highest BCUT2D eigenvalue weighted by molar-refractivity contribution is 7.99. The summed E-state index contributed by atoms with van der Waals surface area (Å²) in [6.07, 6.45) is 1.33. The van der Waals surface area contributed by atoms with Crippen LogP contribution in [0.1, 0.15) is 16.7 Å². The average Bonchev–Trinajstić information content (AvgIpc) is 2.63. The van der Waals surface area contributed by atoms with E-state index in [0.29, 0.717) is 11.3 Å². The van der Waals surface area contributed by atoms with Crippen LogP contribution in [-0.2, 0) is 10.5 Å². The number of nitro benzene ring substituents is 1. The van der Waals surface area contributed by atoms with Crippen molar-refractivity contribution in [1.29, 1.82) is 0 Å². The summed E-state index contributed by atoms with van der Waals surface area (Å²) < 4.78 is 5.13. The Bertz CT molecular complexity index is 824. The van der Waals surface area contributed by atoms with Crippen molar-refractivity contribution in [2.75, 3.05) is 12.9 Å². The van der Waals surface area contributed by atoms with E-state index in [0.717, 1.165) is 5.75 Å². The Labute approximate surface area is 155 Å². The number of aryl methyl sites for hydroxylation is 1. The van der Waals surface area contributed by atoms with E-state index in [2.05, 4.69) is 10.5 Å². The number of nitro groups is 1. The molecule has 136 valence electrons. The van der Waals surface area contributed by atoms with Crippen molar-refractivity contribution in [2.45, 2.75) is 12.7 Å². The number of carbonyl (C=O) groups excluding carboxylic acids is 1. The molecule has 0 heterocycles. The number of rotatable bonds is 8. The zero-order valence-corrected chi connectivity index (χ0v) is 15.3. The smallest absolute Gasteiger partial charge is 0.270 e. The number of nitrogens with zero attached hydrogens (tertiary/aromatic N) is 2. The van der Waals surface area contributed by atoms with Crippen molar-refractivity contribution in [3.05, 3.63) is 69.3 Å². The third kappa shape index (κ3) is 5.59. The molecule has 8 heteroatoms. The number of hydrogen-bond donors (Lipinski definition) is 1. The Morgan fingerprint density at radius 1 is 1.35 bits per heavy atom. The van der Waals surface area contributed by atoms with Gasteiger partial charge in [0.15, 0.2) is 0 Å². The lowest BCUT2D eigenvalue weighted by molar-refractivity contribution is -0.384. The molecule has 26 heavy (non-hydrogen) atoms. The summed E-state index contributed by atoms with van der Waals surface area (Å²) >= 11 is 1.49. The Balaban J connectivity index is 1.87. The third-order valence-corrected chi connectivity index (χ3v) is 4.55. The predicted molar refractivity (Wildman–Crippen MR) is 103 cm³/mol. The van der Waals surface area contributed by atoms with Gasteiger partial charge in [0.1, 0.15) is 5.75 Å². The second-order valence-electron chi connectivity index (χ2n) is 5.40. The maximum absolute atomic E-state index is 11.9. The molecular weight excluding hydrogens is 354 g/mol. The topological polar surface area (TPSA) is 93.8 Å². The average molecular weight is 373 g/mol. The molecule has 0 unspecified atom stereocenters. The zero-order valence-electron chi connectivity index (χ0n) is 14.5. The molecule has 0 spiro atoms. The number of carbonyl (C=O) groups is 1. The minimum atomic E-state index is -0.502. The van der Waals surface area contributed by atoms with E-state index >= 15 is 0 Å². The molecule has 0 saturated carbocycles. The fourth-order valence-electron chi connectivity index (χ4n) is 2.17. The number of amides is 1. The third-order valence-electron chi connectivity index (χ3n) is 3.57. The highest BCUT2D eigenvalue weighted by atomic mass is 32.2. The van der Waals surface area contributed by atoms with Crippen LogP contribution in [0.25, 0.3) is 0 Å². The first-order valence-corrected chi connectivity index (χ1v) is 8.93. The maximum Gasteiger partial charge on any atom is 0.270 e.